The molecule has 2 aliphatic carbocycles. The van der Waals surface area contributed by atoms with Crippen molar-refractivity contribution in [1.82, 2.24) is 0 Å². The summed E-state index contributed by atoms with van der Waals surface area (Å²) in [5, 5.41) is -0.00694. The van der Waals surface area contributed by atoms with Crippen LogP contribution in [0.25, 0.3) is 21.9 Å². The molecule has 0 unspecified atom stereocenters. The molecule has 2 aliphatic rings. The highest BCUT2D eigenvalue weighted by atomic mass is 19.2. The van der Waals surface area contributed by atoms with E-state index in [0.717, 1.165) is 41.7 Å². The molecule has 0 heterocycles. The lowest BCUT2D eigenvalue weighted by Crippen LogP contribution is -2.25. The summed E-state index contributed by atoms with van der Waals surface area (Å²) in [6.45, 7) is 4.26. The first kappa shape index (κ1) is 27.1. The summed E-state index contributed by atoms with van der Waals surface area (Å²) in [5.74, 6) is -0.133. The maximum atomic E-state index is 15.5. The number of fused-ring (bicyclic) bond motifs is 1. The van der Waals surface area contributed by atoms with E-state index in [1.807, 2.05) is 18.2 Å². The SMILES string of the molecule is CCCC[C@H]1CC[C@H](C2CCC(c3ccccc3-c3cc4ccc(OCC)c(F)c4c(F)c3F)CC2)CC1. The summed E-state index contributed by atoms with van der Waals surface area (Å²) >= 11 is 0. The van der Waals surface area contributed by atoms with Crippen LogP contribution >= 0.6 is 0 Å². The van der Waals surface area contributed by atoms with Crippen molar-refractivity contribution >= 4 is 10.8 Å². The van der Waals surface area contributed by atoms with E-state index >= 15 is 8.78 Å². The van der Waals surface area contributed by atoms with Crippen molar-refractivity contribution in [2.75, 3.05) is 6.61 Å². The Bertz CT molecular complexity index is 1240. The lowest BCUT2D eigenvalue weighted by molar-refractivity contribution is 0.156. The highest BCUT2D eigenvalue weighted by molar-refractivity contribution is 5.90. The first-order valence-electron chi connectivity index (χ1n) is 14.8. The van der Waals surface area contributed by atoms with Crippen LogP contribution in [0.4, 0.5) is 13.2 Å². The van der Waals surface area contributed by atoms with E-state index in [-0.39, 0.29) is 23.3 Å². The van der Waals surface area contributed by atoms with Crippen molar-refractivity contribution in [3.63, 3.8) is 0 Å². The molecule has 3 aromatic rings. The average Bonchev–Trinajstić information content (AvgIpc) is 2.95. The van der Waals surface area contributed by atoms with Crippen LogP contribution in [-0.4, -0.2) is 6.61 Å². The zero-order valence-electron chi connectivity index (χ0n) is 22.9. The van der Waals surface area contributed by atoms with Crippen LogP contribution in [-0.2, 0) is 0 Å². The van der Waals surface area contributed by atoms with Crippen molar-refractivity contribution in [2.24, 2.45) is 17.8 Å². The first-order chi connectivity index (χ1) is 18.5. The highest BCUT2D eigenvalue weighted by Crippen LogP contribution is 2.47. The fourth-order valence-electron chi connectivity index (χ4n) is 7.27. The summed E-state index contributed by atoms with van der Waals surface area (Å²) in [5.41, 5.74) is 2.01. The van der Waals surface area contributed by atoms with Gasteiger partial charge in [-0.05, 0) is 97.8 Å². The molecule has 5 rings (SSSR count). The number of benzene rings is 3. The van der Waals surface area contributed by atoms with E-state index in [2.05, 4.69) is 13.0 Å². The van der Waals surface area contributed by atoms with Gasteiger partial charge >= 0.3 is 0 Å². The molecule has 1 nitrogen and oxygen atoms in total. The highest BCUT2D eigenvalue weighted by Gasteiger charge is 2.32. The molecular weight excluding hydrogens is 481 g/mol. The number of rotatable bonds is 8. The minimum Gasteiger partial charge on any atom is -0.491 e. The van der Waals surface area contributed by atoms with Gasteiger partial charge in [-0.25, -0.2) is 13.2 Å². The average molecular weight is 523 g/mol. The van der Waals surface area contributed by atoms with Gasteiger partial charge in [0.15, 0.2) is 23.2 Å². The van der Waals surface area contributed by atoms with Crippen molar-refractivity contribution in [2.45, 2.75) is 90.4 Å². The Kier molecular flexibility index (Phi) is 8.65. The second-order valence-corrected chi connectivity index (χ2v) is 11.6. The van der Waals surface area contributed by atoms with E-state index < -0.39 is 17.5 Å². The van der Waals surface area contributed by atoms with E-state index in [9.17, 15) is 4.39 Å². The Hall–Kier alpha value is -2.49. The third-order valence-electron chi connectivity index (χ3n) is 9.37. The van der Waals surface area contributed by atoms with E-state index in [1.165, 1.54) is 63.9 Å². The van der Waals surface area contributed by atoms with Gasteiger partial charge in [0.2, 0.25) is 0 Å². The van der Waals surface area contributed by atoms with Gasteiger partial charge in [0.25, 0.3) is 0 Å². The van der Waals surface area contributed by atoms with Gasteiger partial charge in [-0.1, -0.05) is 69.4 Å². The quantitative estimate of drug-likeness (QED) is 0.286. The number of ether oxygens (including phenoxy) is 1. The maximum Gasteiger partial charge on any atom is 0.175 e. The van der Waals surface area contributed by atoms with E-state index in [0.29, 0.717) is 11.3 Å². The Balaban J connectivity index is 1.34. The minimum absolute atomic E-state index is 0.0577. The molecule has 3 aromatic carbocycles. The molecule has 0 atom stereocenters. The molecule has 0 bridgehead atoms. The lowest BCUT2D eigenvalue weighted by atomic mass is 9.67. The molecule has 0 amide bonds. The molecule has 0 spiro atoms. The van der Waals surface area contributed by atoms with Crippen LogP contribution in [0.3, 0.4) is 0 Å². The first-order valence-corrected chi connectivity index (χ1v) is 14.8. The molecule has 0 radical (unpaired) electrons. The van der Waals surface area contributed by atoms with Crippen molar-refractivity contribution in [3.8, 4) is 16.9 Å². The molecule has 4 heteroatoms. The van der Waals surface area contributed by atoms with Crippen molar-refractivity contribution in [1.29, 1.82) is 0 Å². The largest absolute Gasteiger partial charge is 0.491 e. The Morgan fingerprint density at radius 3 is 2.11 bits per heavy atom. The topological polar surface area (TPSA) is 9.23 Å². The summed E-state index contributed by atoms with van der Waals surface area (Å²) in [6.07, 6.45) is 14.2. The van der Waals surface area contributed by atoms with Crippen LogP contribution in [0.2, 0.25) is 0 Å². The van der Waals surface area contributed by atoms with Crippen LogP contribution in [0.15, 0.2) is 42.5 Å². The molecule has 0 N–H and O–H groups in total. The monoisotopic (exact) mass is 522 g/mol. The lowest BCUT2D eigenvalue weighted by Gasteiger charge is -2.38. The molecule has 204 valence electrons. The van der Waals surface area contributed by atoms with Crippen LogP contribution in [0.5, 0.6) is 5.75 Å². The second kappa shape index (κ2) is 12.1. The summed E-state index contributed by atoms with van der Waals surface area (Å²) < 4.78 is 51.0. The van der Waals surface area contributed by atoms with Gasteiger partial charge in [0.05, 0.1) is 12.0 Å². The molecular formula is C34H41F3O. The molecule has 0 aliphatic heterocycles. The fourth-order valence-corrected chi connectivity index (χ4v) is 7.27. The van der Waals surface area contributed by atoms with Crippen molar-refractivity contribution in [3.05, 3.63) is 65.5 Å². The Labute approximate surface area is 225 Å². The predicted molar refractivity (Wildman–Crippen MR) is 150 cm³/mol. The fraction of sp³-hybridized carbons (Fsp3) is 0.529. The predicted octanol–water partition coefficient (Wildman–Crippen LogP) is 10.6. The van der Waals surface area contributed by atoms with Crippen LogP contribution < -0.4 is 4.74 Å². The standard InChI is InChI=1S/C34H41F3O/c1-3-5-8-22-11-13-23(14-12-22)24-15-17-25(18-16-24)27-9-6-7-10-28(27)29-21-26-19-20-30(38-4-2)33(36)31(26)34(37)32(29)35/h6-7,9-10,19-25H,3-5,8,11-18H2,1-2H3/t22-,23-,24?,25?. The maximum absolute atomic E-state index is 15.5. The van der Waals surface area contributed by atoms with Crippen LogP contribution in [0.1, 0.15) is 96.0 Å². The van der Waals surface area contributed by atoms with Gasteiger partial charge in [0.1, 0.15) is 0 Å². The summed E-state index contributed by atoms with van der Waals surface area (Å²) in [7, 11) is 0. The third-order valence-corrected chi connectivity index (χ3v) is 9.37. The zero-order valence-corrected chi connectivity index (χ0v) is 22.9. The molecule has 38 heavy (non-hydrogen) atoms. The van der Waals surface area contributed by atoms with Gasteiger partial charge in [-0.3, -0.25) is 0 Å². The number of hydrogen-bond donors (Lipinski definition) is 0. The normalized spacial score (nSPS) is 24.0. The Morgan fingerprint density at radius 2 is 1.42 bits per heavy atom. The minimum atomic E-state index is -1.15. The number of unbranched alkanes of at least 4 members (excludes halogenated alkanes) is 1. The van der Waals surface area contributed by atoms with Gasteiger partial charge in [-0.2, -0.15) is 0 Å². The summed E-state index contributed by atoms with van der Waals surface area (Å²) in [6, 6.07) is 12.5. The second-order valence-electron chi connectivity index (χ2n) is 11.6. The van der Waals surface area contributed by atoms with Crippen molar-refractivity contribution < 1.29 is 17.9 Å². The van der Waals surface area contributed by atoms with Gasteiger partial charge < -0.3 is 4.74 Å². The molecule has 0 aromatic heterocycles. The Morgan fingerprint density at radius 1 is 0.737 bits per heavy atom. The van der Waals surface area contributed by atoms with Gasteiger partial charge in [0, 0.05) is 5.56 Å². The molecule has 2 fully saturated rings. The third kappa shape index (κ3) is 5.46. The van der Waals surface area contributed by atoms with Gasteiger partial charge in [-0.15, -0.1) is 0 Å². The smallest absolute Gasteiger partial charge is 0.175 e. The molecule has 2 saturated carbocycles. The number of hydrogen-bond acceptors (Lipinski definition) is 1. The summed E-state index contributed by atoms with van der Waals surface area (Å²) in [4.78, 5) is 0. The van der Waals surface area contributed by atoms with E-state index in [1.54, 1.807) is 19.1 Å². The molecule has 0 saturated heterocycles. The van der Waals surface area contributed by atoms with Crippen LogP contribution in [0, 0.1) is 35.2 Å². The number of halogens is 3. The van der Waals surface area contributed by atoms with E-state index in [4.69, 9.17) is 4.74 Å². The zero-order chi connectivity index (χ0) is 26.6.